The molecule has 2 aromatic rings. The van der Waals surface area contributed by atoms with E-state index in [1.54, 1.807) is 42.6 Å². The second-order valence-electron chi connectivity index (χ2n) is 4.22. The fraction of sp³-hybridized carbons (Fsp3) is 0.200. The van der Waals surface area contributed by atoms with Gasteiger partial charge in [-0.2, -0.15) is 5.26 Å². The van der Waals surface area contributed by atoms with E-state index >= 15 is 0 Å². The van der Waals surface area contributed by atoms with Crippen molar-refractivity contribution in [1.29, 1.82) is 5.26 Å². The SMILES string of the molecule is N#Cc1ccnc(SCC(O)COc2ccc(Cl)cc2)c1. The fourth-order valence-corrected chi connectivity index (χ4v) is 2.44. The van der Waals surface area contributed by atoms with E-state index in [4.69, 9.17) is 21.6 Å². The van der Waals surface area contributed by atoms with E-state index in [2.05, 4.69) is 11.1 Å². The molecule has 1 N–H and O–H groups in total. The van der Waals surface area contributed by atoms with Crippen LogP contribution in [-0.2, 0) is 0 Å². The first-order valence-corrected chi connectivity index (χ1v) is 7.59. The number of aromatic nitrogens is 1. The summed E-state index contributed by atoms with van der Waals surface area (Å²) in [6.45, 7) is 0.187. The van der Waals surface area contributed by atoms with Crippen LogP contribution < -0.4 is 4.74 Å². The van der Waals surface area contributed by atoms with Crippen LogP contribution in [0, 0.1) is 11.3 Å². The van der Waals surface area contributed by atoms with Crippen molar-refractivity contribution in [2.45, 2.75) is 11.1 Å². The summed E-state index contributed by atoms with van der Waals surface area (Å²) in [5.41, 5.74) is 0.555. The molecule has 0 saturated heterocycles. The van der Waals surface area contributed by atoms with Crippen molar-refractivity contribution in [3.8, 4) is 11.8 Å². The molecule has 0 aliphatic heterocycles. The summed E-state index contributed by atoms with van der Waals surface area (Å²) in [5.74, 6) is 1.10. The average molecular weight is 321 g/mol. The van der Waals surface area contributed by atoms with Gasteiger partial charge in [-0.25, -0.2) is 4.98 Å². The molecule has 21 heavy (non-hydrogen) atoms. The smallest absolute Gasteiger partial charge is 0.119 e. The number of hydrogen-bond acceptors (Lipinski definition) is 5. The highest BCUT2D eigenvalue weighted by atomic mass is 35.5. The molecule has 6 heteroatoms. The van der Waals surface area contributed by atoms with Gasteiger partial charge in [0, 0.05) is 17.0 Å². The number of benzene rings is 1. The largest absolute Gasteiger partial charge is 0.491 e. The summed E-state index contributed by atoms with van der Waals surface area (Å²) in [7, 11) is 0. The van der Waals surface area contributed by atoms with Crippen molar-refractivity contribution in [1.82, 2.24) is 4.98 Å². The Bertz CT molecular complexity index is 628. The Kier molecular flexibility index (Phi) is 5.88. The molecule has 1 aromatic heterocycles. The van der Waals surface area contributed by atoms with Crippen molar-refractivity contribution >= 4 is 23.4 Å². The highest BCUT2D eigenvalue weighted by Gasteiger charge is 2.07. The van der Waals surface area contributed by atoms with Crippen LogP contribution in [0.2, 0.25) is 5.02 Å². The molecule has 0 spiro atoms. The maximum Gasteiger partial charge on any atom is 0.119 e. The Morgan fingerprint density at radius 1 is 1.33 bits per heavy atom. The van der Waals surface area contributed by atoms with Gasteiger partial charge in [0.25, 0.3) is 0 Å². The minimum atomic E-state index is -0.627. The second kappa shape index (κ2) is 7.89. The van der Waals surface area contributed by atoms with Crippen molar-refractivity contribution in [3.63, 3.8) is 0 Å². The molecule has 1 atom stereocenters. The first kappa shape index (κ1) is 15.6. The molecule has 0 aliphatic carbocycles. The third kappa shape index (κ3) is 5.27. The summed E-state index contributed by atoms with van der Waals surface area (Å²) in [6, 6.07) is 12.4. The number of nitrogens with zero attached hydrogens (tertiary/aromatic N) is 2. The minimum absolute atomic E-state index is 0.187. The number of hydrogen-bond donors (Lipinski definition) is 1. The van der Waals surface area contributed by atoms with Crippen LogP contribution in [0.15, 0.2) is 47.6 Å². The predicted molar refractivity (Wildman–Crippen MR) is 82.6 cm³/mol. The van der Waals surface area contributed by atoms with Gasteiger partial charge in [-0.05, 0) is 36.4 Å². The van der Waals surface area contributed by atoms with E-state index in [1.165, 1.54) is 11.8 Å². The lowest BCUT2D eigenvalue weighted by Crippen LogP contribution is -2.20. The summed E-state index contributed by atoms with van der Waals surface area (Å²) in [6.07, 6.45) is 0.954. The van der Waals surface area contributed by atoms with Gasteiger partial charge in [0.2, 0.25) is 0 Å². The first-order chi connectivity index (χ1) is 10.2. The molecule has 0 fully saturated rings. The molecule has 1 aromatic carbocycles. The molecule has 0 bridgehead atoms. The standard InChI is InChI=1S/C15H13ClN2O2S/c16-12-1-3-14(4-2-12)20-9-13(19)10-21-15-7-11(8-17)5-6-18-15/h1-7,13,19H,9-10H2. The number of pyridine rings is 1. The molecule has 0 aliphatic rings. The highest BCUT2D eigenvalue weighted by molar-refractivity contribution is 7.99. The Hall–Kier alpha value is -1.74. The van der Waals surface area contributed by atoms with Crippen molar-refractivity contribution < 1.29 is 9.84 Å². The Labute approximate surface area is 132 Å². The lowest BCUT2D eigenvalue weighted by Gasteiger charge is -2.12. The monoisotopic (exact) mass is 320 g/mol. The summed E-state index contributed by atoms with van der Waals surface area (Å²) in [4.78, 5) is 4.13. The molecule has 4 nitrogen and oxygen atoms in total. The molecular weight excluding hydrogens is 308 g/mol. The molecule has 2 rings (SSSR count). The molecule has 0 saturated carbocycles. The third-order valence-electron chi connectivity index (χ3n) is 2.54. The fourth-order valence-electron chi connectivity index (χ4n) is 1.51. The van der Waals surface area contributed by atoms with Crippen LogP contribution in [0.3, 0.4) is 0 Å². The number of nitriles is 1. The van der Waals surface area contributed by atoms with E-state index in [-0.39, 0.29) is 6.61 Å². The van der Waals surface area contributed by atoms with Gasteiger partial charge in [0.1, 0.15) is 12.4 Å². The van der Waals surface area contributed by atoms with Crippen LogP contribution in [0.4, 0.5) is 0 Å². The van der Waals surface area contributed by atoms with Gasteiger partial charge in [-0.3, -0.25) is 0 Å². The normalized spacial score (nSPS) is 11.7. The van der Waals surface area contributed by atoms with Crippen LogP contribution in [0.5, 0.6) is 5.75 Å². The van der Waals surface area contributed by atoms with E-state index < -0.39 is 6.10 Å². The summed E-state index contributed by atoms with van der Waals surface area (Å²) >= 11 is 7.16. The average Bonchev–Trinajstić information content (AvgIpc) is 2.52. The lowest BCUT2D eigenvalue weighted by molar-refractivity contribution is 0.126. The summed E-state index contributed by atoms with van der Waals surface area (Å²) < 4.78 is 5.46. The second-order valence-corrected chi connectivity index (χ2v) is 5.70. The number of halogens is 1. The lowest BCUT2D eigenvalue weighted by atomic mass is 10.3. The Morgan fingerprint density at radius 2 is 2.10 bits per heavy atom. The maximum atomic E-state index is 9.89. The van der Waals surface area contributed by atoms with Gasteiger partial charge < -0.3 is 9.84 Å². The maximum absolute atomic E-state index is 9.89. The van der Waals surface area contributed by atoms with E-state index in [0.717, 1.165) is 0 Å². The zero-order valence-electron chi connectivity index (χ0n) is 11.1. The number of thioether (sulfide) groups is 1. The van der Waals surface area contributed by atoms with Gasteiger partial charge in [-0.15, -0.1) is 11.8 Å². The molecule has 1 unspecified atom stereocenters. The van der Waals surface area contributed by atoms with Crippen LogP contribution in [0.25, 0.3) is 0 Å². The Morgan fingerprint density at radius 3 is 2.81 bits per heavy atom. The molecule has 108 valence electrons. The molecule has 0 amide bonds. The number of rotatable bonds is 6. The number of aliphatic hydroxyl groups is 1. The third-order valence-corrected chi connectivity index (χ3v) is 3.87. The molecular formula is C15H13ClN2O2S. The van der Waals surface area contributed by atoms with E-state index in [9.17, 15) is 5.11 Å². The Balaban J connectivity index is 1.78. The zero-order chi connectivity index (χ0) is 15.1. The van der Waals surface area contributed by atoms with Crippen molar-refractivity contribution in [3.05, 3.63) is 53.2 Å². The highest BCUT2D eigenvalue weighted by Crippen LogP contribution is 2.19. The topological polar surface area (TPSA) is 66.1 Å². The predicted octanol–water partition coefficient (Wildman–Crippen LogP) is 3.14. The number of aliphatic hydroxyl groups excluding tert-OH is 1. The van der Waals surface area contributed by atoms with Gasteiger partial charge in [-0.1, -0.05) is 11.6 Å². The quantitative estimate of drug-likeness (QED) is 0.828. The zero-order valence-corrected chi connectivity index (χ0v) is 12.6. The molecule has 0 radical (unpaired) electrons. The van der Waals surface area contributed by atoms with Crippen molar-refractivity contribution in [2.24, 2.45) is 0 Å². The van der Waals surface area contributed by atoms with Gasteiger partial charge in [0.05, 0.1) is 22.8 Å². The van der Waals surface area contributed by atoms with Gasteiger partial charge in [0.15, 0.2) is 0 Å². The van der Waals surface area contributed by atoms with Crippen molar-refractivity contribution in [2.75, 3.05) is 12.4 Å². The van der Waals surface area contributed by atoms with Crippen LogP contribution in [0.1, 0.15) is 5.56 Å². The van der Waals surface area contributed by atoms with E-state index in [0.29, 0.717) is 27.1 Å². The van der Waals surface area contributed by atoms with E-state index in [1.807, 2.05) is 0 Å². The first-order valence-electron chi connectivity index (χ1n) is 6.23. The van der Waals surface area contributed by atoms with Crippen LogP contribution in [-0.4, -0.2) is 28.6 Å². The summed E-state index contributed by atoms with van der Waals surface area (Å²) in [5, 5.41) is 20.0. The molecule has 1 heterocycles. The minimum Gasteiger partial charge on any atom is -0.491 e. The number of ether oxygens (including phenoxy) is 1. The van der Waals surface area contributed by atoms with Gasteiger partial charge >= 0.3 is 0 Å². The van der Waals surface area contributed by atoms with Crippen LogP contribution >= 0.6 is 23.4 Å².